The summed E-state index contributed by atoms with van der Waals surface area (Å²) in [6, 6.07) is 2.87. The highest BCUT2D eigenvalue weighted by molar-refractivity contribution is 7.99. The Kier molecular flexibility index (Phi) is 4.67. The number of hydrogen-bond acceptors (Lipinski definition) is 3. The van der Waals surface area contributed by atoms with Crippen molar-refractivity contribution in [1.82, 2.24) is 10.3 Å². The Morgan fingerprint density at radius 2 is 2.50 bits per heavy atom. The number of rotatable bonds is 4. The maximum absolute atomic E-state index is 4.12. The van der Waals surface area contributed by atoms with Gasteiger partial charge in [0.15, 0.2) is 0 Å². The third-order valence-electron chi connectivity index (χ3n) is 3.12. The van der Waals surface area contributed by atoms with E-state index in [1.165, 1.54) is 35.5 Å². The van der Waals surface area contributed by atoms with Crippen LogP contribution >= 0.6 is 11.8 Å². The molecule has 1 saturated heterocycles. The minimum atomic E-state index is 0.737. The molecule has 1 atom stereocenters. The summed E-state index contributed by atoms with van der Waals surface area (Å²) in [5.41, 5.74) is 2.73. The number of thioether (sulfide) groups is 1. The van der Waals surface area contributed by atoms with Gasteiger partial charge in [0, 0.05) is 24.2 Å². The van der Waals surface area contributed by atoms with Crippen molar-refractivity contribution in [2.75, 3.05) is 18.1 Å². The molecular formula is C13H20N2S. The molecule has 0 spiro atoms. The zero-order chi connectivity index (χ0) is 11.2. The predicted octanol–water partition coefficient (Wildman–Crippen LogP) is 2.42. The molecule has 0 amide bonds. The normalized spacial score (nSPS) is 20.9. The zero-order valence-electron chi connectivity index (χ0n) is 9.91. The molecule has 1 aromatic rings. The van der Waals surface area contributed by atoms with E-state index in [0.717, 1.165) is 19.0 Å². The quantitative estimate of drug-likeness (QED) is 0.869. The lowest BCUT2D eigenvalue weighted by Crippen LogP contribution is -2.35. The maximum Gasteiger partial charge on any atom is 0.0299 e. The maximum atomic E-state index is 4.12. The van der Waals surface area contributed by atoms with Gasteiger partial charge in [-0.15, -0.1) is 0 Å². The van der Waals surface area contributed by atoms with Gasteiger partial charge in [0.2, 0.25) is 0 Å². The Bertz CT molecular complexity index is 321. The Hall–Kier alpha value is -0.540. The molecule has 1 fully saturated rings. The first-order chi connectivity index (χ1) is 7.86. The molecule has 0 radical (unpaired) electrons. The van der Waals surface area contributed by atoms with Crippen molar-refractivity contribution in [3.8, 4) is 0 Å². The van der Waals surface area contributed by atoms with Crippen LogP contribution < -0.4 is 5.32 Å². The minimum Gasteiger partial charge on any atom is -0.313 e. The summed E-state index contributed by atoms with van der Waals surface area (Å²) in [5, 5.41) is 3.66. The van der Waals surface area contributed by atoms with Crippen molar-refractivity contribution in [2.24, 2.45) is 0 Å². The highest BCUT2D eigenvalue weighted by Crippen LogP contribution is 2.16. The van der Waals surface area contributed by atoms with E-state index in [1.54, 1.807) is 0 Å². The summed E-state index contributed by atoms with van der Waals surface area (Å²) < 4.78 is 0. The van der Waals surface area contributed by atoms with E-state index >= 15 is 0 Å². The van der Waals surface area contributed by atoms with Crippen molar-refractivity contribution in [1.29, 1.82) is 0 Å². The van der Waals surface area contributed by atoms with Gasteiger partial charge in [-0.3, -0.25) is 4.98 Å². The lowest BCUT2D eigenvalue weighted by atomic mass is 10.1. The summed E-state index contributed by atoms with van der Waals surface area (Å²) in [6.45, 7) is 3.23. The topological polar surface area (TPSA) is 24.9 Å². The van der Waals surface area contributed by atoms with Crippen molar-refractivity contribution in [3.63, 3.8) is 0 Å². The van der Waals surface area contributed by atoms with E-state index < -0.39 is 0 Å². The van der Waals surface area contributed by atoms with Gasteiger partial charge in [-0.2, -0.15) is 11.8 Å². The summed E-state index contributed by atoms with van der Waals surface area (Å²) in [7, 11) is 0. The van der Waals surface area contributed by atoms with Crippen molar-refractivity contribution >= 4 is 11.8 Å². The highest BCUT2D eigenvalue weighted by Gasteiger charge is 2.12. The van der Waals surface area contributed by atoms with Crippen LogP contribution in [0.4, 0.5) is 0 Å². The van der Waals surface area contributed by atoms with Crippen LogP contribution in [0, 0.1) is 6.92 Å². The third kappa shape index (κ3) is 3.49. The number of hydrogen-bond donors (Lipinski definition) is 1. The van der Waals surface area contributed by atoms with Crippen LogP contribution in [0.5, 0.6) is 0 Å². The van der Waals surface area contributed by atoms with E-state index in [4.69, 9.17) is 0 Å². The largest absolute Gasteiger partial charge is 0.313 e. The summed E-state index contributed by atoms with van der Waals surface area (Å²) in [5.74, 6) is 2.64. The number of pyridine rings is 1. The second-order valence-electron chi connectivity index (χ2n) is 4.42. The lowest BCUT2D eigenvalue weighted by molar-refractivity contribution is 0.511. The van der Waals surface area contributed by atoms with Crippen LogP contribution in [-0.2, 0) is 6.42 Å². The molecule has 1 N–H and O–H groups in total. The molecule has 2 rings (SSSR count). The molecule has 3 heteroatoms. The molecule has 16 heavy (non-hydrogen) atoms. The molecule has 1 aliphatic rings. The summed E-state index contributed by atoms with van der Waals surface area (Å²) >= 11 is 2.08. The van der Waals surface area contributed by atoms with E-state index in [1.807, 2.05) is 12.4 Å². The van der Waals surface area contributed by atoms with Crippen LogP contribution in [0.1, 0.15) is 24.0 Å². The van der Waals surface area contributed by atoms with Gasteiger partial charge in [0.1, 0.15) is 0 Å². The van der Waals surface area contributed by atoms with Gasteiger partial charge < -0.3 is 5.32 Å². The molecule has 2 heterocycles. The van der Waals surface area contributed by atoms with E-state index in [0.29, 0.717) is 0 Å². The average molecular weight is 236 g/mol. The fraction of sp³-hybridized carbons (Fsp3) is 0.615. The first-order valence-electron chi connectivity index (χ1n) is 6.07. The van der Waals surface area contributed by atoms with Crippen LogP contribution in [0.15, 0.2) is 18.5 Å². The summed E-state index contributed by atoms with van der Waals surface area (Å²) in [4.78, 5) is 4.12. The van der Waals surface area contributed by atoms with Crippen molar-refractivity contribution < 1.29 is 0 Å². The first-order valence-corrected chi connectivity index (χ1v) is 7.22. The smallest absolute Gasteiger partial charge is 0.0299 e. The molecule has 0 aliphatic carbocycles. The molecule has 0 saturated carbocycles. The second kappa shape index (κ2) is 6.26. The molecule has 0 bridgehead atoms. The predicted molar refractivity (Wildman–Crippen MR) is 71.0 cm³/mol. The Morgan fingerprint density at radius 1 is 1.56 bits per heavy atom. The van der Waals surface area contributed by atoms with E-state index in [-0.39, 0.29) is 0 Å². The number of aromatic nitrogens is 1. The summed E-state index contributed by atoms with van der Waals surface area (Å²) in [6.07, 6.45) is 7.68. The fourth-order valence-electron chi connectivity index (χ4n) is 2.10. The lowest BCUT2D eigenvalue weighted by Gasteiger charge is -2.22. The SMILES string of the molecule is Cc1cnccc1CCNC1CCCSC1. The van der Waals surface area contributed by atoms with Gasteiger partial charge in [0.25, 0.3) is 0 Å². The molecule has 1 aliphatic heterocycles. The van der Waals surface area contributed by atoms with Gasteiger partial charge in [0.05, 0.1) is 0 Å². The van der Waals surface area contributed by atoms with Crippen LogP contribution in [0.25, 0.3) is 0 Å². The molecule has 2 nitrogen and oxygen atoms in total. The standard InChI is InChI=1S/C13H20N2S/c1-11-9-14-6-4-12(11)5-7-15-13-3-2-8-16-10-13/h4,6,9,13,15H,2-3,5,7-8,10H2,1H3. The Morgan fingerprint density at radius 3 is 3.25 bits per heavy atom. The highest BCUT2D eigenvalue weighted by atomic mass is 32.2. The molecule has 88 valence electrons. The molecule has 1 aromatic heterocycles. The van der Waals surface area contributed by atoms with Crippen LogP contribution in [0.3, 0.4) is 0 Å². The van der Waals surface area contributed by atoms with E-state index in [9.17, 15) is 0 Å². The van der Waals surface area contributed by atoms with Crippen molar-refractivity contribution in [3.05, 3.63) is 29.6 Å². The zero-order valence-corrected chi connectivity index (χ0v) is 10.7. The monoisotopic (exact) mass is 236 g/mol. The Labute approximate surface area is 102 Å². The van der Waals surface area contributed by atoms with Gasteiger partial charge in [-0.1, -0.05) is 0 Å². The van der Waals surface area contributed by atoms with Crippen molar-refractivity contribution in [2.45, 2.75) is 32.2 Å². The Balaban J connectivity index is 1.73. The number of nitrogens with zero attached hydrogens (tertiary/aromatic N) is 1. The first kappa shape index (κ1) is 11.9. The van der Waals surface area contributed by atoms with E-state index in [2.05, 4.69) is 35.1 Å². The average Bonchev–Trinajstić information content (AvgIpc) is 2.33. The van der Waals surface area contributed by atoms with Crippen LogP contribution in [0.2, 0.25) is 0 Å². The third-order valence-corrected chi connectivity index (χ3v) is 4.34. The molecule has 0 aromatic carbocycles. The second-order valence-corrected chi connectivity index (χ2v) is 5.57. The van der Waals surface area contributed by atoms with Gasteiger partial charge in [-0.25, -0.2) is 0 Å². The fourth-order valence-corrected chi connectivity index (χ4v) is 3.20. The van der Waals surface area contributed by atoms with Crippen LogP contribution in [-0.4, -0.2) is 29.1 Å². The molecular weight excluding hydrogens is 216 g/mol. The number of aryl methyl sites for hydroxylation is 1. The van der Waals surface area contributed by atoms with Gasteiger partial charge in [-0.05, 0) is 55.7 Å². The number of nitrogens with one attached hydrogen (secondary N) is 1. The van der Waals surface area contributed by atoms with Gasteiger partial charge >= 0.3 is 0 Å². The minimum absolute atomic E-state index is 0.737. The molecule has 1 unspecified atom stereocenters.